The fourth-order valence-electron chi connectivity index (χ4n) is 8.73. The van der Waals surface area contributed by atoms with Crippen LogP contribution in [0.4, 0.5) is 0 Å². The number of benzene rings is 6. The number of aryl methyl sites for hydroxylation is 1. The van der Waals surface area contributed by atoms with Crippen LogP contribution in [0.1, 0.15) is 63.8 Å². The molecule has 11 nitrogen and oxygen atoms in total. The minimum Gasteiger partial charge on any atom is -0.493 e. The second-order valence-corrected chi connectivity index (χ2v) is 18.7. The Morgan fingerprint density at radius 2 is 1.45 bits per heavy atom. The molecule has 65 heavy (non-hydrogen) atoms. The zero-order valence-corrected chi connectivity index (χ0v) is 38.1. The van der Waals surface area contributed by atoms with Crippen LogP contribution in [0.25, 0.3) is 11.1 Å². The molecular weight excluding hydrogens is 839 g/mol. The number of hydrogen-bond donors (Lipinski definition) is 3. The summed E-state index contributed by atoms with van der Waals surface area (Å²) in [6.07, 6.45) is -0.0281. The average Bonchev–Trinajstić information content (AvgIpc) is 3.33. The summed E-state index contributed by atoms with van der Waals surface area (Å²) < 4.78 is 54.6. The van der Waals surface area contributed by atoms with E-state index in [9.17, 15) is 18.3 Å². The van der Waals surface area contributed by atoms with Crippen LogP contribution in [0.5, 0.6) is 11.5 Å². The monoisotopic (exact) mass is 895 g/mol. The Morgan fingerprint density at radius 3 is 2.15 bits per heavy atom. The number of ether oxygens (including phenoxy) is 4. The van der Waals surface area contributed by atoms with Gasteiger partial charge in [0, 0.05) is 37.7 Å². The van der Waals surface area contributed by atoms with E-state index in [2.05, 4.69) is 40.1 Å². The minimum absolute atomic E-state index is 0.0123. The van der Waals surface area contributed by atoms with E-state index in [1.165, 1.54) is 11.1 Å². The van der Waals surface area contributed by atoms with Crippen LogP contribution in [0.3, 0.4) is 0 Å². The smallest absolute Gasteiger partial charge is 0.241 e. The highest BCUT2D eigenvalue weighted by atomic mass is 32.2. The molecule has 0 spiro atoms. The SMILES string of the molecule is COc1cc2c(cc1OC)CN(CC1OC(c3cccc(-c4cccc(CNC(=O)C(Cc5ccccc5)NS(=O)(=O)c5ccc(C)cc5)c4)c3)OC(c3ccc(CO)cc3)C1C)CC2. The summed E-state index contributed by atoms with van der Waals surface area (Å²) >= 11 is 0. The molecule has 2 aliphatic heterocycles. The van der Waals surface area contributed by atoms with Gasteiger partial charge < -0.3 is 29.4 Å². The molecule has 6 aromatic rings. The van der Waals surface area contributed by atoms with Gasteiger partial charge in [-0.3, -0.25) is 9.69 Å². The standard InChI is InChI=1S/C53H57N3O8S/c1-35-16-22-46(23-17-35)65(59,60)55-47(27-37-10-6-5-7-11-37)52(58)54-31-39-12-8-13-41(26-39)42-14-9-15-44(28-42)53-63-50(36(2)51(64-53)40-20-18-38(34-57)19-21-40)33-56-25-24-43-29-48(61-3)49(62-4)30-45(43)32-56/h5-23,26,28-30,36,47,50-51,53,55,57H,24-25,27,31-34H2,1-4H3,(H,54,58). The topological polar surface area (TPSA) is 136 Å². The first-order valence-electron chi connectivity index (χ1n) is 22.1. The molecule has 0 aliphatic carbocycles. The number of rotatable bonds is 16. The predicted octanol–water partition coefficient (Wildman–Crippen LogP) is 8.23. The number of aliphatic hydroxyl groups excluding tert-OH is 1. The van der Waals surface area contributed by atoms with Crippen molar-refractivity contribution in [1.82, 2.24) is 14.9 Å². The Morgan fingerprint density at radius 1 is 0.769 bits per heavy atom. The molecule has 0 bridgehead atoms. The van der Waals surface area contributed by atoms with E-state index in [-0.39, 0.29) is 42.6 Å². The van der Waals surface area contributed by atoms with Gasteiger partial charge in [0.1, 0.15) is 6.04 Å². The quantitative estimate of drug-likeness (QED) is 0.0879. The first kappa shape index (κ1) is 45.7. The maximum absolute atomic E-state index is 13.8. The molecule has 8 rings (SSSR count). The van der Waals surface area contributed by atoms with Gasteiger partial charge in [-0.2, -0.15) is 4.72 Å². The molecule has 1 amide bonds. The van der Waals surface area contributed by atoms with Crippen LogP contribution in [0, 0.1) is 12.8 Å². The van der Waals surface area contributed by atoms with Crippen LogP contribution >= 0.6 is 0 Å². The van der Waals surface area contributed by atoms with E-state index in [1.54, 1.807) is 38.5 Å². The molecule has 5 atom stereocenters. The van der Waals surface area contributed by atoms with E-state index in [4.69, 9.17) is 18.9 Å². The summed E-state index contributed by atoms with van der Waals surface area (Å²) in [6, 6.07) is 43.1. The van der Waals surface area contributed by atoms with Gasteiger partial charge in [-0.05, 0) is 101 Å². The second-order valence-electron chi connectivity index (χ2n) is 17.0. The van der Waals surface area contributed by atoms with Crippen molar-refractivity contribution >= 4 is 15.9 Å². The first-order chi connectivity index (χ1) is 31.5. The van der Waals surface area contributed by atoms with Gasteiger partial charge in [0.25, 0.3) is 0 Å². The van der Waals surface area contributed by atoms with E-state index in [0.717, 1.165) is 75.5 Å². The number of amides is 1. The highest BCUT2D eigenvalue weighted by molar-refractivity contribution is 7.89. The lowest BCUT2D eigenvalue weighted by atomic mass is 9.89. The Labute approximate surface area is 382 Å². The number of carbonyl (C=O) groups is 1. The van der Waals surface area contributed by atoms with Crippen LogP contribution in [0.2, 0.25) is 0 Å². The Balaban J connectivity index is 0.997. The van der Waals surface area contributed by atoms with E-state index in [1.807, 2.05) is 104 Å². The van der Waals surface area contributed by atoms with Crippen LogP contribution in [0.15, 0.2) is 144 Å². The Bertz CT molecular complexity index is 2680. The number of aliphatic hydroxyl groups is 1. The third-order valence-electron chi connectivity index (χ3n) is 12.5. The van der Waals surface area contributed by atoms with Crippen LogP contribution in [-0.4, -0.2) is 63.8 Å². The summed E-state index contributed by atoms with van der Waals surface area (Å²) in [6.45, 7) is 6.56. The van der Waals surface area contributed by atoms with Crippen molar-refractivity contribution in [2.75, 3.05) is 27.3 Å². The first-order valence-corrected chi connectivity index (χ1v) is 23.5. The predicted molar refractivity (Wildman–Crippen MR) is 251 cm³/mol. The van der Waals surface area contributed by atoms with E-state index in [0.29, 0.717) is 6.54 Å². The van der Waals surface area contributed by atoms with Crippen molar-refractivity contribution in [2.45, 2.75) is 75.8 Å². The lowest BCUT2D eigenvalue weighted by molar-refractivity contribution is -0.276. The molecule has 1 fully saturated rings. The molecule has 0 saturated carbocycles. The lowest BCUT2D eigenvalue weighted by Gasteiger charge is -2.43. The largest absolute Gasteiger partial charge is 0.493 e. The summed E-state index contributed by atoms with van der Waals surface area (Å²) in [5, 5.41) is 12.8. The van der Waals surface area contributed by atoms with Crippen molar-refractivity contribution in [3.8, 4) is 22.6 Å². The zero-order chi connectivity index (χ0) is 45.5. The zero-order valence-electron chi connectivity index (χ0n) is 37.3. The summed E-state index contributed by atoms with van der Waals surface area (Å²) in [4.78, 5) is 16.3. The molecule has 0 aromatic heterocycles. The van der Waals surface area contributed by atoms with E-state index < -0.39 is 28.3 Å². The van der Waals surface area contributed by atoms with Gasteiger partial charge >= 0.3 is 0 Å². The maximum atomic E-state index is 13.8. The number of fused-ring (bicyclic) bond motifs is 1. The molecule has 5 unspecified atom stereocenters. The van der Waals surface area contributed by atoms with Crippen LogP contribution < -0.4 is 19.5 Å². The van der Waals surface area contributed by atoms with Gasteiger partial charge in [-0.25, -0.2) is 8.42 Å². The van der Waals surface area contributed by atoms with E-state index >= 15 is 0 Å². The van der Waals surface area contributed by atoms with Crippen LogP contribution in [-0.2, 0) is 56.8 Å². The summed E-state index contributed by atoms with van der Waals surface area (Å²) in [7, 11) is -0.658. The fraction of sp³-hybridized carbons (Fsp3) is 0.302. The normalized spacial score (nSPS) is 19.2. The maximum Gasteiger partial charge on any atom is 0.241 e. The van der Waals surface area contributed by atoms with Gasteiger partial charge in [-0.15, -0.1) is 0 Å². The number of nitrogens with one attached hydrogen (secondary N) is 2. The molecule has 1 saturated heterocycles. The van der Waals surface area contributed by atoms with Crippen molar-refractivity contribution in [1.29, 1.82) is 0 Å². The van der Waals surface area contributed by atoms with Gasteiger partial charge in [-0.1, -0.05) is 116 Å². The van der Waals surface area contributed by atoms with Crippen molar-refractivity contribution < 1.29 is 37.3 Å². The Kier molecular flexibility index (Phi) is 14.4. The van der Waals surface area contributed by atoms with Gasteiger partial charge in [0.2, 0.25) is 15.9 Å². The molecule has 3 N–H and O–H groups in total. The minimum atomic E-state index is -3.98. The molecule has 338 valence electrons. The molecule has 6 aromatic carbocycles. The Hall–Kier alpha value is -5.86. The number of methoxy groups -OCH3 is 2. The van der Waals surface area contributed by atoms with Gasteiger partial charge in [0.15, 0.2) is 17.8 Å². The lowest BCUT2D eigenvalue weighted by Crippen LogP contribution is -2.47. The number of carbonyl (C=O) groups excluding carboxylic acids is 1. The third kappa shape index (κ3) is 11.0. The highest BCUT2D eigenvalue weighted by Gasteiger charge is 2.40. The number of nitrogens with zero attached hydrogens (tertiary/aromatic N) is 1. The summed E-state index contributed by atoms with van der Waals surface area (Å²) in [5.74, 6) is 1.04. The average molecular weight is 896 g/mol. The molecule has 2 aliphatic rings. The van der Waals surface area contributed by atoms with Crippen molar-refractivity contribution in [3.63, 3.8) is 0 Å². The fourth-order valence-corrected chi connectivity index (χ4v) is 9.92. The number of sulfonamides is 1. The third-order valence-corrected chi connectivity index (χ3v) is 14.0. The molecule has 12 heteroatoms. The molecule has 2 heterocycles. The van der Waals surface area contributed by atoms with Crippen molar-refractivity contribution in [3.05, 3.63) is 184 Å². The number of hydrogen-bond acceptors (Lipinski definition) is 9. The second kappa shape index (κ2) is 20.5. The van der Waals surface area contributed by atoms with Gasteiger partial charge in [0.05, 0.1) is 37.9 Å². The summed E-state index contributed by atoms with van der Waals surface area (Å²) in [5.41, 5.74) is 9.72. The molecular formula is C53H57N3O8S. The molecule has 0 radical (unpaired) electrons. The highest BCUT2D eigenvalue weighted by Crippen LogP contribution is 2.43. The van der Waals surface area contributed by atoms with Crippen molar-refractivity contribution in [2.24, 2.45) is 5.92 Å².